The van der Waals surface area contributed by atoms with Crippen molar-refractivity contribution in [1.82, 2.24) is 20.4 Å². The zero-order chi connectivity index (χ0) is 19.9. The van der Waals surface area contributed by atoms with Crippen molar-refractivity contribution in [3.8, 4) is 0 Å². The molecule has 1 amide bonds. The number of carbonyl (C=O) groups excluding carboxylic acids is 1. The normalized spacial score (nSPS) is 10.2. The van der Waals surface area contributed by atoms with Gasteiger partial charge in [0.15, 0.2) is 0 Å². The first kappa shape index (κ1) is 18.6. The first-order chi connectivity index (χ1) is 13.5. The molecule has 11 heteroatoms. The molecule has 3 N–H and O–H groups in total. The van der Waals surface area contributed by atoms with Crippen molar-refractivity contribution in [3.05, 3.63) is 82.2 Å². The number of hydrogen-bond acceptors (Lipinski definition) is 8. The van der Waals surface area contributed by atoms with Crippen LogP contribution in [-0.2, 0) is 6.54 Å². The molecule has 0 aliphatic heterocycles. The highest BCUT2D eigenvalue weighted by atomic mass is 19.1. The molecule has 0 fully saturated rings. The minimum absolute atomic E-state index is 0.0566. The SMILES string of the molecule is O=C(NNc1ncnc(NCc2ccc(F)cc2)c1[N+](=O)[O-])c1ccccn1. The molecule has 0 aliphatic rings. The number of nitrogens with zero attached hydrogens (tertiary/aromatic N) is 4. The predicted molar refractivity (Wildman–Crippen MR) is 97.7 cm³/mol. The largest absolute Gasteiger partial charge is 0.360 e. The Bertz CT molecular complexity index is 984. The molecule has 28 heavy (non-hydrogen) atoms. The number of aromatic nitrogens is 3. The van der Waals surface area contributed by atoms with Crippen LogP contribution in [0.3, 0.4) is 0 Å². The molecule has 0 saturated heterocycles. The lowest BCUT2D eigenvalue weighted by molar-refractivity contribution is -0.383. The fourth-order valence-electron chi connectivity index (χ4n) is 2.24. The summed E-state index contributed by atoms with van der Waals surface area (Å²) < 4.78 is 13.0. The summed E-state index contributed by atoms with van der Waals surface area (Å²) in [4.78, 5) is 34.4. The number of benzene rings is 1. The average molecular weight is 383 g/mol. The van der Waals surface area contributed by atoms with Gasteiger partial charge in [0.05, 0.1) is 4.92 Å². The number of pyridine rings is 1. The van der Waals surface area contributed by atoms with E-state index in [0.717, 1.165) is 6.33 Å². The first-order valence-corrected chi connectivity index (χ1v) is 7.99. The van der Waals surface area contributed by atoms with Crippen LogP contribution in [0.4, 0.5) is 21.7 Å². The number of amides is 1. The monoisotopic (exact) mass is 383 g/mol. The van der Waals surface area contributed by atoms with Crippen LogP contribution in [0.15, 0.2) is 55.0 Å². The molecule has 0 spiro atoms. The molecule has 0 saturated carbocycles. The number of carbonyl (C=O) groups is 1. The van der Waals surface area contributed by atoms with E-state index in [0.29, 0.717) is 5.56 Å². The summed E-state index contributed by atoms with van der Waals surface area (Å²) >= 11 is 0. The molecule has 142 valence electrons. The number of hydrazine groups is 1. The Morgan fingerprint density at radius 3 is 2.50 bits per heavy atom. The van der Waals surface area contributed by atoms with Crippen molar-refractivity contribution in [2.75, 3.05) is 10.7 Å². The topological polar surface area (TPSA) is 135 Å². The van der Waals surface area contributed by atoms with Crippen LogP contribution in [0.25, 0.3) is 0 Å². The van der Waals surface area contributed by atoms with Crippen molar-refractivity contribution in [1.29, 1.82) is 0 Å². The van der Waals surface area contributed by atoms with Gasteiger partial charge in [0, 0.05) is 12.7 Å². The summed E-state index contributed by atoms with van der Waals surface area (Å²) in [6.45, 7) is 0.178. The van der Waals surface area contributed by atoms with Gasteiger partial charge in [0.2, 0.25) is 11.6 Å². The zero-order valence-corrected chi connectivity index (χ0v) is 14.3. The van der Waals surface area contributed by atoms with Gasteiger partial charge in [-0.3, -0.25) is 30.7 Å². The highest BCUT2D eigenvalue weighted by Gasteiger charge is 2.23. The van der Waals surface area contributed by atoms with Crippen LogP contribution in [0.1, 0.15) is 16.1 Å². The molecule has 2 heterocycles. The van der Waals surface area contributed by atoms with Crippen molar-refractivity contribution >= 4 is 23.2 Å². The summed E-state index contributed by atoms with van der Waals surface area (Å²) in [6, 6.07) is 10.4. The summed E-state index contributed by atoms with van der Waals surface area (Å²) in [7, 11) is 0. The average Bonchev–Trinajstić information content (AvgIpc) is 2.72. The first-order valence-electron chi connectivity index (χ1n) is 7.99. The number of rotatable bonds is 7. The predicted octanol–water partition coefficient (Wildman–Crippen LogP) is 2.29. The molecule has 3 rings (SSSR count). The lowest BCUT2D eigenvalue weighted by Gasteiger charge is -2.10. The van der Waals surface area contributed by atoms with Crippen LogP contribution < -0.4 is 16.2 Å². The second-order valence-corrected chi connectivity index (χ2v) is 5.45. The van der Waals surface area contributed by atoms with E-state index in [1.54, 1.807) is 24.3 Å². The maximum Gasteiger partial charge on any atom is 0.354 e. The molecule has 1 aromatic carbocycles. The lowest BCUT2D eigenvalue weighted by Crippen LogP contribution is -2.31. The van der Waals surface area contributed by atoms with Gasteiger partial charge < -0.3 is 5.32 Å². The maximum absolute atomic E-state index is 13.0. The van der Waals surface area contributed by atoms with Gasteiger partial charge in [-0.2, -0.15) is 0 Å². The van der Waals surface area contributed by atoms with Gasteiger partial charge in [-0.05, 0) is 29.8 Å². The Labute approximate surface area is 158 Å². The molecular weight excluding hydrogens is 369 g/mol. The molecule has 0 aliphatic carbocycles. The number of nitrogens with one attached hydrogen (secondary N) is 3. The van der Waals surface area contributed by atoms with E-state index in [9.17, 15) is 19.3 Å². The molecule has 0 radical (unpaired) electrons. The molecular formula is C17H14FN7O3. The zero-order valence-electron chi connectivity index (χ0n) is 14.3. The fraction of sp³-hybridized carbons (Fsp3) is 0.0588. The van der Waals surface area contributed by atoms with Crippen LogP contribution in [0.5, 0.6) is 0 Å². The number of anilines is 2. The Kier molecular flexibility index (Phi) is 5.65. The Morgan fingerprint density at radius 2 is 1.82 bits per heavy atom. The number of hydrogen-bond donors (Lipinski definition) is 3. The Morgan fingerprint density at radius 1 is 1.07 bits per heavy atom. The van der Waals surface area contributed by atoms with E-state index >= 15 is 0 Å². The molecule has 0 atom stereocenters. The quantitative estimate of drug-likeness (QED) is 0.418. The third-order valence-corrected chi connectivity index (χ3v) is 3.57. The smallest absolute Gasteiger partial charge is 0.354 e. The van der Waals surface area contributed by atoms with Gasteiger partial charge in [0.1, 0.15) is 17.8 Å². The van der Waals surface area contributed by atoms with E-state index in [1.165, 1.54) is 24.4 Å². The standard InChI is InChI=1S/C17H14FN7O3/c18-12-6-4-11(5-7-12)9-20-15-14(25(27)28)16(22-10-21-15)23-24-17(26)13-3-1-2-8-19-13/h1-8,10H,9H2,(H,24,26)(H2,20,21,22,23). The molecule has 0 unspecified atom stereocenters. The third kappa shape index (κ3) is 4.52. The van der Waals surface area contributed by atoms with E-state index in [2.05, 4.69) is 31.1 Å². The Balaban J connectivity index is 1.74. The Hall–Kier alpha value is -4.15. The van der Waals surface area contributed by atoms with Gasteiger partial charge in [-0.1, -0.05) is 18.2 Å². The van der Waals surface area contributed by atoms with Crippen molar-refractivity contribution < 1.29 is 14.1 Å². The molecule has 0 bridgehead atoms. The van der Waals surface area contributed by atoms with Gasteiger partial charge in [-0.25, -0.2) is 14.4 Å². The summed E-state index contributed by atoms with van der Waals surface area (Å²) in [6.07, 6.45) is 2.55. The molecule has 3 aromatic rings. The summed E-state index contributed by atoms with van der Waals surface area (Å²) in [5.41, 5.74) is 5.09. The van der Waals surface area contributed by atoms with Gasteiger partial charge >= 0.3 is 5.69 Å². The van der Waals surface area contributed by atoms with Crippen molar-refractivity contribution in [2.45, 2.75) is 6.54 Å². The highest BCUT2D eigenvalue weighted by molar-refractivity contribution is 5.93. The van der Waals surface area contributed by atoms with E-state index in [1.807, 2.05) is 0 Å². The van der Waals surface area contributed by atoms with Crippen LogP contribution in [0, 0.1) is 15.9 Å². The lowest BCUT2D eigenvalue weighted by atomic mass is 10.2. The molecule has 10 nitrogen and oxygen atoms in total. The maximum atomic E-state index is 13.0. The van der Waals surface area contributed by atoms with Crippen LogP contribution >= 0.6 is 0 Å². The van der Waals surface area contributed by atoms with E-state index in [4.69, 9.17) is 0 Å². The van der Waals surface area contributed by atoms with E-state index < -0.39 is 16.5 Å². The highest BCUT2D eigenvalue weighted by Crippen LogP contribution is 2.28. The van der Waals surface area contributed by atoms with Crippen LogP contribution in [0.2, 0.25) is 0 Å². The van der Waals surface area contributed by atoms with E-state index in [-0.39, 0.29) is 29.7 Å². The number of halogens is 1. The second kappa shape index (κ2) is 8.49. The summed E-state index contributed by atoms with van der Waals surface area (Å²) in [5, 5.41) is 14.3. The number of nitro groups is 1. The third-order valence-electron chi connectivity index (χ3n) is 3.57. The van der Waals surface area contributed by atoms with Crippen molar-refractivity contribution in [2.24, 2.45) is 0 Å². The minimum atomic E-state index is -0.678. The summed E-state index contributed by atoms with van der Waals surface area (Å²) in [5.74, 6) is -1.23. The van der Waals surface area contributed by atoms with Crippen molar-refractivity contribution in [3.63, 3.8) is 0 Å². The van der Waals surface area contributed by atoms with Crippen LogP contribution in [-0.4, -0.2) is 25.8 Å². The molecule has 2 aromatic heterocycles. The fourth-order valence-corrected chi connectivity index (χ4v) is 2.24. The van der Waals surface area contributed by atoms with Gasteiger partial charge in [0.25, 0.3) is 5.91 Å². The van der Waals surface area contributed by atoms with Gasteiger partial charge in [-0.15, -0.1) is 0 Å². The minimum Gasteiger partial charge on any atom is -0.360 e. The second-order valence-electron chi connectivity index (χ2n) is 5.45.